The van der Waals surface area contributed by atoms with E-state index in [1.807, 2.05) is 56.3 Å². The molecule has 0 aliphatic carbocycles. The number of carbonyl (C=O) groups excluding carboxylic acids is 1. The summed E-state index contributed by atoms with van der Waals surface area (Å²) >= 11 is 0. The molecule has 1 aromatic heterocycles. The quantitative estimate of drug-likeness (QED) is 0.697. The number of aryl methyl sites for hydroxylation is 1. The maximum absolute atomic E-state index is 12.0. The first-order valence-corrected chi connectivity index (χ1v) is 8.11. The van der Waals surface area contributed by atoms with Crippen LogP contribution in [0.3, 0.4) is 0 Å². The van der Waals surface area contributed by atoms with Gasteiger partial charge in [-0.2, -0.15) is 0 Å². The molecule has 25 heavy (non-hydrogen) atoms. The van der Waals surface area contributed by atoms with Crippen LogP contribution in [0.5, 0.6) is 5.75 Å². The Hall–Kier alpha value is -3.08. The smallest absolute Gasteiger partial charge is 0.356 e. The van der Waals surface area contributed by atoms with Crippen molar-refractivity contribution >= 4 is 28.2 Å². The molecule has 0 radical (unpaired) electrons. The topological polar surface area (TPSA) is 60.5 Å². The van der Waals surface area contributed by atoms with E-state index in [9.17, 15) is 4.79 Å². The predicted molar refractivity (Wildman–Crippen MR) is 98.7 cm³/mol. The van der Waals surface area contributed by atoms with Crippen LogP contribution in [0.1, 0.15) is 23.0 Å². The van der Waals surface area contributed by atoms with Crippen molar-refractivity contribution in [3.05, 3.63) is 59.8 Å². The van der Waals surface area contributed by atoms with E-state index in [0.717, 1.165) is 33.6 Å². The number of aromatic nitrogens is 1. The molecule has 5 nitrogen and oxygen atoms in total. The highest BCUT2D eigenvalue weighted by Crippen LogP contribution is 2.29. The number of hydrogen-bond acceptors (Lipinski definition) is 5. The van der Waals surface area contributed by atoms with Gasteiger partial charge in [0.1, 0.15) is 5.75 Å². The van der Waals surface area contributed by atoms with Crippen molar-refractivity contribution in [2.75, 3.05) is 19.0 Å². The summed E-state index contributed by atoms with van der Waals surface area (Å²) < 4.78 is 10.3. The zero-order chi connectivity index (χ0) is 17.8. The molecule has 0 aliphatic rings. The van der Waals surface area contributed by atoms with E-state index in [0.29, 0.717) is 6.61 Å². The first-order chi connectivity index (χ1) is 12.1. The first-order valence-electron chi connectivity index (χ1n) is 8.11. The maximum atomic E-state index is 12.0. The highest BCUT2D eigenvalue weighted by atomic mass is 16.5. The van der Waals surface area contributed by atoms with Gasteiger partial charge < -0.3 is 14.8 Å². The number of para-hydroxylation sites is 1. The van der Waals surface area contributed by atoms with Gasteiger partial charge in [0.2, 0.25) is 0 Å². The summed E-state index contributed by atoms with van der Waals surface area (Å²) in [6, 6.07) is 15.3. The summed E-state index contributed by atoms with van der Waals surface area (Å²) in [6.45, 7) is 4.55. The molecule has 3 rings (SSSR count). The van der Waals surface area contributed by atoms with Gasteiger partial charge in [-0.1, -0.05) is 18.2 Å². The van der Waals surface area contributed by atoms with Crippen molar-refractivity contribution in [3.63, 3.8) is 0 Å². The lowest BCUT2D eigenvalue weighted by Gasteiger charge is -2.13. The average Bonchev–Trinajstić information content (AvgIpc) is 2.63. The number of methoxy groups -OCH3 is 1. The third kappa shape index (κ3) is 3.55. The van der Waals surface area contributed by atoms with Gasteiger partial charge in [-0.3, -0.25) is 0 Å². The maximum Gasteiger partial charge on any atom is 0.356 e. The molecule has 0 atom stereocenters. The first kappa shape index (κ1) is 16.8. The second-order valence-electron chi connectivity index (χ2n) is 5.60. The standard InChI is InChI=1S/C20H20N2O3/c1-4-25-15-10-8-14(9-11-15)21-17-12-18(20(23)24-3)22-19-13(2)6-5-7-16(17)19/h5-12H,4H2,1-3H3,(H,21,22). The minimum atomic E-state index is -0.458. The van der Waals surface area contributed by atoms with Gasteiger partial charge >= 0.3 is 5.97 Å². The van der Waals surface area contributed by atoms with E-state index in [-0.39, 0.29) is 5.69 Å². The van der Waals surface area contributed by atoms with Crippen LogP contribution in [0, 0.1) is 6.92 Å². The Kier molecular flexibility index (Phi) is 4.84. The Morgan fingerprint density at radius 2 is 1.92 bits per heavy atom. The molecule has 0 saturated carbocycles. The number of fused-ring (bicyclic) bond motifs is 1. The van der Waals surface area contributed by atoms with Crippen molar-refractivity contribution < 1.29 is 14.3 Å². The molecular weight excluding hydrogens is 316 g/mol. The Labute approximate surface area is 146 Å². The van der Waals surface area contributed by atoms with Gasteiger partial charge in [0.05, 0.1) is 24.9 Å². The molecule has 5 heteroatoms. The van der Waals surface area contributed by atoms with Crippen LogP contribution in [-0.2, 0) is 4.74 Å². The van der Waals surface area contributed by atoms with Crippen LogP contribution >= 0.6 is 0 Å². The predicted octanol–water partition coefficient (Wildman–Crippen LogP) is 4.47. The number of pyridine rings is 1. The van der Waals surface area contributed by atoms with Gasteiger partial charge in [0, 0.05) is 11.1 Å². The molecular formula is C20H20N2O3. The fourth-order valence-electron chi connectivity index (χ4n) is 2.66. The minimum absolute atomic E-state index is 0.276. The van der Waals surface area contributed by atoms with E-state index in [4.69, 9.17) is 9.47 Å². The lowest BCUT2D eigenvalue weighted by atomic mass is 10.1. The summed E-state index contributed by atoms with van der Waals surface area (Å²) in [5, 5.41) is 4.31. The monoisotopic (exact) mass is 336 g/mol. The van der Waals surface area contributed by atoms with E-state index in [1.165, 1.54) is 7.11 Å². The van der Waals surface area contributed by atoms with Gasteiger partial charge in [-0.25, -0.2) is 9.78 Å². The van der Waals surface area contributed by atoms with Crippen LogP contribution in [0.2, 0.25) is 0 Å². The van der Waals surface area contributed by atoms with E-state index in [2.05, 4.69) is 10.3 Å². The zero-order valence-electron chi connectivity index (χ0n) is 14.5. The summed E-state index contributed by atoms with van der Waals surface area (Å²) in [5.41, 5.74) is 3.75. The van der Waals surface area contributed by atoms with Crippen molar-refractivity contribution in [1.82, 2.24) is 4.98 Å². The fraction of sp³-hybridized carbons (Fsp3) is 0.200. The molecule has 1 heterocycles. The third-order valence-corrected chi connectivity index (χ3v) is 3.88. The largest absolute Gasteiger partial charge is 0.494 e. The van der Waals surface area contributed by atoms with Crippen LogP contribution < -0.4 is 10.1 Å². The van der Waals surface area contributed by atoms with Crippen LogP contribution in [-0.4, -0.2) is 24.7 Å². The summed E-state index contributed by atoms with van der Waals surface area (Å²) in [5.74, 6) is 0.360. The summed E-state index contributed by atoms with van der Waals surface area (Å²) in [4.78, 5) is 16.4. The van der Waals surface area contributed by atoms with E-state index >= 15 is 0 Å². The Morgan fingerprint density at radius 1 is 1.16 bits per heavy atom. The molecule has 0 bridgehead atoms. The van der Waals surface area contributed by atoms with Gasteiger partial charge in [-0.05, 0) is 49.7 Å². The van der Waals surface area contributed by atoms with Crippen LogP contribution in [0.15, 0.2) is 48.5 Å². The summed E-state index contributed by atoms with van der Waals surface area (Å²) in [6.07, 6.45) is 0. The SMILES string of the molecule is CCOc1ccc(Nc2cc(C(=O)OC)nc3c(C)cccc23)cc1. The van der Waals surface area contributed by atoms with Gasteiger partial charge in [-0.15, -0.1) is 0 Å². The highest BCUT2D eigenvalue weighted by Gasteiger charge is 2.13. The number of nitrogens with one attached hydrogen (secondary N) is 1. The summed E-state index contributed by atoms with van der Waals surface area (Å²) in [7, 11) is 1.35. The Morgan fingerprint density at radius 3 is 2.60 bits per heavy atom. The van der Waals surface area contributed by atoms with Crippen molar-refractivity contribution in [2.45, 2.75) is 13.8 Å². The molecule has 3 aromatic rings. The van der Waals surface area contributed by atoms with Crippen LogP contribution in [0.25, 0.3) is 10.9 Å². The van der Waals surface area contributed by atoms with Gasteiger partial charge in [0.15, 0.2) is 5.69 Å². The number of hydrogen-bond donors (Lipinski definition) is 1. The Bertz CT molecular complexity index is 905. The second kappa shape index (κ2) is 7.21. The van der Waals surface area contributed by atoms with Crippen molar-refractivity contribution in [3.8, 4) is 5.75 Å². The second-order valence-corrected chi connectivity index (χ2v) is 5.60. The Balaban J connectivity index is 2.04. The van der Waals surface area contributed by atoms with Gasteiger partial charge in [0.25, 0.3) is 0 Å². The van der Waals surface area contributed by atoms with E-state index in [1.54, 1.807) is 6.07 Å². The lowest BCUT2D eigenvalue weighted by Crippen LogP contribution is -2.06. The fourth-order valence-corrected chi connectivity index (χ4v) is 2.66. The molecule has 128 valence electrons. The number of carbonyl (C=O) groups is 1. The zero-order valence-corrected chi connectivity index (χ0v) is 14.5. The number of ether oxygens (including phenoxy) is 2. The minimum Gasteiger partial charge on any atom is -0.494 e. The molecule has 0 unspecified atom stereocenters. The molecule has 0 spiro atoms. The molecule has 0 fully saturated rings. The average molecular weight is 336 g/mol. The number of esters is 1. The molecule has 2 aromatic carbocycles. The number of anilines is 2. The molecule has 0 amide bonds. The molecule has 1 N–H and O–H groups in total. The third-order valence-electron chi connectivity index (χ3n) is 3.88. The molecule has 0 aliphatic heterocycles. The van der Waals surface area contributed by atoms with Crippen molar-refractivity contribution in [2.24, 2.45) is 0 Å². The number of nitrogens with zero attached hydrogens (tertiary/aromatic N) is 1. The number of rotatable bonds is 5. The lowest BCUT2D eigenvalue weighted by molar-refractivity contribution is 0.0594. The number of benzene rings is 2. The van der Waals surface area contributed by atoms with Crippen LogP contribution in [0.4, 0.5) is 11.4 Å². The van der Waals surface area contributed by atoms with Crippen molar-refractivity contribution in [1.29, 1.82) is 0 Å². The van der Waals surface area contributed by atoms with E-state index < -0.39 is 5.97 Å². The highest BCUT2D eigenvalue weighted by molar-refractivity contribution is 5.99. The normalized spacial score (nSPS) is 10.5. The molecule has 0 saturated heterocycles.